The summed E-state index contributed by atoms with van der Waals surface area (Å²) in [5, 5.41) is 11.0. The van der Waals surface area contributed by atoms with E-state index in [1.807, 2.05) is 32.0 Å². The number of methoxy groups -OCH3 is 1. The normalized spacial score (nSPS) is 18.3. The Kier molecular flexibility index (Phi) is 6.95. The summed E-state index contributed by atoms with van der Waals surface area (Å²) >= 11 is 3.36. The van der Waals surface area contributed by atoms with E-state index in [1.54, 1.807) is 30.3 Å². The number of carbonyl (C=O) groups excluding carboxylic acids is 2. The van der Waals surface area contributed by atoms with Gasteiger partial charge >= 0.3 is 0 Å². The zero-order chi connectivity index (χ0) is 21.8. The summed E-state index contributed by atoms with van der Waals surface area (Å²) in [6.45, 7) is 4.33. The van der Waals surface area contributed by atoms with Crippen LogP contribution in [0.5, 0.6) is 5.75 Å². The molecule has 158 valence electrons. The largest absolute Gasteiger partial charge is 0.507 e. The van der Waals surface area contributed by atoms with Gasteiger partial charge in [0.05, 0.1) is 24.3 Å². The molecule has 0 radical (unpaired) electrons. The van der Waals surface area contributed by atoms with Crippen molar-refractivity contribution in [1.82, 2.24) is 4.90 Å². The van der Waals surface area contributed by atoms with E-state index in [1.165, 1.54) is 12.0 Å². The van der Waals surface area contributed by atoms with Crippen molar-refractivity contribution in [1.29, 1.82) is 0 Å². The molecule has 1 saturated heterocycles. The molecular weight excluding hydrogens is 450 g/mol. The minimum Gasteiger partial charge on any atom is -0.507 e. The van der Waals surface area contributed by atoms with Gasteiger partial charge in [0.15, 0.2) is 0 Å². The summed E-state index contributed by atoms with van der Waals surface area (Å²) in [6.07, 6.45) is -0.0251. The van der Waals surface area contributed by atoms with E-state index in [-0.39, 0.29) is 30.6 Å². The molecule has 1 aliphatic heterocycles. The fraction of sp³-hybridized carbons (Fsp3) is 0.304. The van der Waals surface area contributed by atoms with Crippen LogP contribution in [0.1, 0.15) is 31.0 Å². The number of rotatable bonds is 7. The number of halogens is 1. The molecule has 3 rings (SSSR count). The number of hydrogen-bond donors (Lipinski definition) is 1. The number of nitrogens with zero attached hydrogens (tertiary/aromatic N) is 1. The van der Waals surface area contributed by atoms with Crippen molar-refractivity contribution in [2.45, 2.75) is 26.0 Å². The first kappa shape index (κ1) is 22.1. The lowest BCUT2D eigenvalue weighted by molar-refractivity contribution is -0.140. The maximum absolute atomic E-state index is 12.9. The number of likely N-dealkylation sites (tertiary alicyclic amines) is 1. The van der Waals surface area contributed by atoms with E-state index in [2.05, 4.69) is 15.9 Å². The Morgan fingerprint density at radius 2 is 1.87 bits per heavy atom. The average Bonchev–Trinajstić information content (AvgIpc) is 2.96. The molecule has 0 aromatic heterocycles. The molecule has 1 heterocycles. The van der Waals surface area contributed by atoms with Crippen LogP contribution in [0.4, 0.5) is 0 Å². The molecule has 2 aromatic carbocycles. The molecule has 0 aliphatic carbocycles. The third-order valence-electron chi connectivity index (χ3n) is 4.74. The first-order valence-electron chi connectivity index (χ1n) is 9.63. The first-order valence-corrected chi connectivity index (χ1v) is 10.4. The standard InChI is InChI=1S/C23H24BrNO5/c1-14(2)30-18-6-4-5-16(13-18)20-19(21(26)15-7-9-17(24)10-8-15)22(27)23(28)25(20)11-12-29-3/h4-10,13-14,20,26H,11-12H2,1-3H3/b21-19-. The number of hydrogen-bond acceptors (Lipinski definition) is 5. The van der Waals surface area contributed by atoms with Crippen LogP contribution in [0.25, 0.3) is 5.76 Å². The van der Waals surface area contributed by atoms with Gasteiger partial charge in [-0.1, -0.05) is 40.2 Å². The lowest BCUT2D eigenvalue weighted by Crippen LogP contribution is -2.32. The minimum absolute atomic E-state index is 0.0251. The van der Waals surface area contributed by atoms with Crippen molar-refractivity contribution >= 4 is 33.4 Å². The van der Waals surface area contributed by atoms with Crippen molar-refractivity contribution in [3.63, 3.8) is 0 Å². The van der Waals surface area contributed by atoms with Gasteiger partial charge in [-0.3, -0.25) is 9.59 Å². The summed E-state index contributed by atoms with van der Waals surface area (Å²) in [7, 11) is 1.53. The van der Waals surface area contributed by atoms with Crippen molar-refractivity contribution in [2.75, 3.05) is 20.3 Å². The maximum Gasteiger partial charge on any atom is 0.295 e. The smallest absolute Gasteiger partial charge is 0.295 e. The van der Waals surface area contributed by atoms with Gasteiger partial charge in [-0.15, -0.1) is 0 Å². The Hall–Kier alpha value is -2.64. The van der Waals surface area contributed by atoms with Gasteiger partial charge < -0.3 is 19.5 Å². The van der Waals surface area contributed by atoms with Crippen LogP contribution in [-0.2, 0) is 14.3 Å². The van der Waals surface area contributed by atoms with Crippen LogP contribution in [0.15, 0.2) is 58.6 Å². The Labute approximate surface area is 184 Å². The molecule has 1 unspecified atom stereocenters. The predicted octanol–water partition coefficient (Wildman–Crippen LogP) is 4.30. The quantitative estimate of drug-likeness (QED) is 0.368. The first-order chi connectivity index (χ1) is 14.3. The van der Waals surface area contributed by atoms with Crippen molar-refractivity contribution in [3.05, 3.63) is 69.7 Å². The summed E-state index contributed by atoms with van der Waals surface area (Å²) < 4.78 is 11.8. The predicted molar refractivity (Wildman–Crippen MR) is 117 cm³/mol. The molecule has 1 aliphatic rings. The van der Waals surface area contributed by atoms with E-state index in [9.17, 15) is 14.7 Å². The molecule has 6 nitrogen and oxygen atoms in total. The van der Waals surface area contributed by atoms with Crippen LogP contribution in [-0.4, -0.2) is 48.1 Å². The average molecular weight is 474 g/mol. The van der Waals surface area contributed by atoms with Crippen LogP contribution < -0.4 is 4.74 Å². The second-order valence-electron chi connectivity index (χ2n) is 7.23. The summed E-state index contributed by atoms with van der Waals surface area (Å²) in [5.41, 5.74) is 1.20. The highest BCUT2D eigenvalue weighted by Crippen LogP contribution is 2.40. The number of ether oxygens (including phenoxy) is 2. The number of aliphatic hydroxyl groups excluding tert-OH is 1. The monoisotopic (exact) mass is 473 g/mol. The van der Waals surface area contributed by atoms with Crippen molar-refractivity contribution in [3.8, 4) is 5.75 Å². The fourth-order valence-electron chi connectivity index (χ4n) is 3.44. The van der Waals surface area contributed by atoms with Crippen LogP contribution in [0.2, 0.25) is 0 Å². The van der Waals surface area contributed by atoms with Gasteiger partial charge in [0.1, 0.15) is 11.5 Å². The molecule has 7 heteroatoms. The van der Waals surface area contributed by atoms with Gasteiger partial charge in [0, 0.05) is 23.7 Å². The topological polar surface area (TPSA) is 76.1 Å². The molecule has 30 heavy (non-hydrogen) atoms. The van der Waals surface area contributed by atoms with Gasteiger partial charge in [-0.05, 0) is 43.7 Å². The highest BCUT2D eigenvalue weighted by atomic mass is 79.9. The molecule has 1 atom stereocenters. The Bertz CT molecular complexity index is 968. The lowest BCUT2D eigenvalue weighted by Gasteiger charge is -2.25. The molecule has 1 N–H and O–H groups in total. The van der Waals surface area contributed by atoms with E-state index in [0.29, 0.717) is 16.9 Å². The van der Waals surface area contributed by atoms with Gasteiger partial charge in [0.2, 0.25) is 0 Å². The van der Waals surface area contributed by atoms with Crippen molar-refractivity contribution < 1.29 is 24.2 Å². The molecule has 1 fully saturated rings. The number of amides is 1. The van der Waals surface area contributed by atoms with Crippen molar-refractivity contribution in [2.24, 2.45) is 0 Å². The molecule has 0 spiro atoms. The van der Waals surface area contributed by atoms with Crippen LogP contribution >= 0.6 is 15.9 Å². The van der Waals surface area contributed by atoms with E-state index >= 15 is 0 Å². The van der Waals surface area contributed by atoms with Crippen LogP contribution in [0.3, 0.4) is 0 Å². The van der Waals surface area contributed by atoms with E-state index in [4.69, 9.17) is 9.47 Å². The number of benzene rings is 2. The number of carbonyl (C=O) groups is 2. The van der Waals surface area contributed by atoms with E-state index < -0.39 is 17.7 Å². The number of Topliss-reactive ketones (excluding diaryl/α,β-unsaturated/α-hetero) is 1. The Morgan fingerprint density at radius 1 is 1.17 bits per heavy atom. The molecule has 0 bridgehead atoms. The van der Waals surface area contributed by atoms with Gasteiger partial charge in [-0.2, -0.15) is 0 Å². The third-order valence-corrected chi connectivity index (χ3v) is 5.27. The molecule has 1 amide bonds. The lowest BCUT2D eigenvalue weighted by atomic mass is 9.95. The summed E-state index contributed by atoms with van der Waals surface area (Å²) in [4.78, 5) is 27.1. The molecule has 2 aromatic rings. The van der Waals surface area contributed by atoms with Crippen LogP contribution in [0, 0.1) is 0 Å². The minimum atomic E-state index is -0.737. The maximum atomic E-state index is 12.9. The number of aliphatic hydroxyl groups is 1. The summed E-state index contributed by atoms with van der Waals surface area (Å²) in [5.74, 6) is -0.956. The number of ketones is 1. The second kappa shape index (κ2) is 9.45. The molecular formula is C23H24BrNO5. The summed E-state index contributed by atoms with van der Waals surface area (Å²) in [6, 6.07) is 13.4. The highest BCUT2D eigenvalue weighted by molar-refractivity contribution is 9.10. The van der Waals surface area contributed by atoms with E-state index in [0.717, 1.165) is 4.47 Å². The SMILES string of the molecule is COCCN1C(=O)C(=O)/C(=C(\O)c2ccc(Br)cc2)C1c1cccc(OC(C)C)c1. The van der Waals surface area contributed by atoms with Gasteiger partial charge in [-0.25, -0.2) is 0 Å². The zero-order valence-corrected chi connectivity index (χ0v) is 18.7. The Morgan fingerprint density at radius 3 is 2.50 bits per heavy atom. The Balaban J connectivity index is 2.14. The second-order valence-corrected chi connectivity index (χ2v) is 8.15. The third kappa shape index (κ3) is 4.57. The molecule has 0 saturated carbocycles. The zero-order valence-electron chi connectivity index (χ0n) is 17.1. The highest BCUT2D eigenvalue weighted by Gasteiger charge is 2.46. The van der Waals surface area contributed by atoms with Gasteiger partial charge in [0.25, 0.3) is 11.7 Å². The fourth-order valence-corrected chi connectivity index (χ4v) is 3.70.